The number of piperidine rings is 1. The lowest BCUT2D eigenvalue weighted by Crippen LogP contribution is -2.43. The average molecular weight is 422 g/mol. The van der Waals surface area contributed by atoms with Gasteiger partial charge in [0.1, 0.15) is 11.4 Å². The van der Waals surface area contributed by atoms with Crippen LogP contribution in [0.5, 0.6) is 0 Å². The number of rotatable bonds is 1. The van der Waals surface area contributed by atoms with Crippen molar-refractivity contribution in [3.8, 4) is 0 Å². The molecule has 0 N–H and O–H groups in total. The molecule has 1 aromatic carbocycles. The summed E-state index contributed by atoms with van der Waals surface area (Å²) >= 11 is 3.42. The first kappa shape index (κ1) is 18.9. The molecule has 3 rings (SSSR count). The third-order valence-electron chi connectivity index (χ3n) is 4.52. The second-order valence-corrected chi connectivity index (χ2v) is 8.61. The standard InChI is InChI=1S/C19H24BrN3O3/c1-12-21-16-11-13(20)5-6-15(16)17(24)23(12)14-7-9-22(10-8-14)18(25)26-19(2,3)4/h5-6,11,14H,7-10H2,1-4H3. The largest absolute Gasteiger partial charge is 0.444 e. The number of hydrogen-bond acceptors (Lipinski definition) is 4. The quantitative estimate of drug-likeness (QED) is 0.696. The van der Waals surface area contributed by atoms with E-state index in [2.05, 4.69) is 20.9 Å². The minimum Gasteiger partial charge on any atom is -0.444 e. The second kappa shape index (κ2) is 7.02. The molecule has 140 valence electrons. The smallest absolute Gasteiger partial charge is 0.410 e. The van der Waals surface area contributed by atoms with Crippen LogP contribution < -0.4 is 5.56 Å². The van der Waals surface area contributed by atoms with Gasteiger partial charge in [-0.3, -0.25) is 9.36 Å². The highest BCUT2D eigenvalue weighted by Gasteiger charge is 2.28. The van der Waals surface area contributed by atoms with E-state index in [1.165, 1.54) is 0 Å². The summed E-state index contributed by atoms with van der Waals surface area (Å²) in [6, 6.07) is 5.57. The predicted molar refractivity (Wildman–Crippen MR) is 105 cm³/mol. The van der Waals surface area contributed by atoms with Crippen LogP contribution in [0.1, 0.15) is 45.5 Å². The van der Waals surface area contributed by atoms with E-state index in [1.54, 1.807) is 15.5 Å². The molecule has 1 aliphatic rings. The van der Waals surface area contributed by atoms with Crippen LogP contribution in [0.3, 0.4) is 0 Å². The summed E-state index contributed by atoms with van der Waals surface area (Å²) in [4.78, 5) is 31.5. The third-order valence-corrected chi connectivity index (χ3v) is 5.01. The van der Waals surface area contributed by atoms with Gasteiger partial charge in [-0.25, -0.2) is 9.78 Å². The van der Waals surface area contributed by atoms with Gasteiger partial charge in [-0.05, 0) is 58.7 Å². The van der Waals surface area contributed by atoms with Crippen molar-refractivity contribution < 1.29 is 9.53 Å². The molecule has 26 heavy (non-hydrogen) atoms. The van der Waals surface area contributed by atoms with E-state index in [0.717, 1.165) is 4.47 Å². The topological polar surface area (TPSA) is 64.4 Å². The van der Waals surface area contributed by atoms with E-state index in [1.807, 2.05) is 39.8 Å². The summed E-state index contributed by atoms with van der Waals surface area (Å²) in [5, 5.41) is 0.619. The number of ether oxygens (including phenoxy) is 1. The van der Waals surface area contributed by atoms with Crippen LogP contribution in [0, 0.1) is 6.92 Å². The number of carbonyl (C=O) groups is 1. The normalized spacial score (nSPS) is 16.1. The maximum atomic E-state index is 13.0. The molecule has 1 amide bonds. The Morgan fingerprint density at radius 3 is 2.54 bits per heavy atom. The van der Waals surface area contributed by atoms with E-state index in [-0.39, 0.29) is 17.7 Å². The van der Waals surface area contributed by atoms with Crippen molar-refractivity contribution in [1.82, 2.24) is 14.5 Å². The Kier molecular flexibility index (Phi) is 5.10. The third kappa shape index (κ3) is 3.92. The zero-order chi connectivity index (χ0) is 19.1. The first-order chi connectivity index (χ1) is 12.2. The number of aromatic nitrogens is 2. The van der Waals surface area contributed by atoms with Crippen molar-refractivity contribution in [1.29, 1.82) is 0 Å². The van der Waals surface area contributed by atoms with Crippen LogP contribution in [0.25, 0.3) is 10.9 Å². The molecule has 0 aliphatic carbocycles. The SMILES string of the molecule is Cc1nc2cc(Br)ccc2c(=O)n1C1CCN(C(=O)OC(C)(C)C)CC1. The number of fused-ring (bicyclic) bond motifs is 1. The van der Waals surface area contributed by atoms with E-state index >= 15 is 0 Å². The van der Waals surface area contributed by atoms with Gasteiger partial charge < -0.3 is 9.64 Å². The van der Waals surface area contributed by atoms with Gasteiger partial charge >= 0.3 is 6.09 Å². The number of hydrogen-bond donors (Lipinski definition) is 0. The minimum absolute atomic E-state index is 0.0179. The fourth-order valence-corrected chi connectivity index (χ4v) is 3.70. The van der Waals surface area contributed by atoms with Crippen molar-refractivity contribution in [2.75, 3.05) is 13.1 Å². The zero-order valence-corrected chi connectivity index (χ0v) is 17.2. The van der Waals surface area contributed by atoms with Gasteiger partial charge in [0.05, 0.1) is 10.9 Å². The van der Waals surface area contributed by atoms with E-state index in [0.29, 0.717) is 42.7 Å². The molecule has 2 aromatic rings. The van der Waals surface area contributed by atoms with E-state index < -0.39 is 5.60 Å². The molecule has 0 unspecified atom stereocenters. The van der Waals surface area contributed by atoms with E-state index in [9.17, 15) is 9.59 Å². The van der Waals surface area contributed by atoms with Gasteiger partial charge in [0.2, 0.25) is 0 Å². The number of amides is 1. The minimum atomic E-state index is -0.502. The molecule has 1 fully saturated rings. The lowest BCUT2D eigenvalue weighted by atomic mass is 10.0. The maximum Gasteiger partial charge on any atom is 0.410 e. The number of halogens is 1. The Morgan fingerprint density at radius 1 is 1.27 bits per heavy atom. The van der Waals surface area contributed by atoms with Crippen LogP contribution >= 0.6 is 15.9 Å². The molecule has 1 saturated heterocycles. The lowest BCUT2D eigenvalue weighted by molar-refractivity contribution is 0.0187. The Balaban J connectivity index is 1.81. The molecule has 0 atom stereocenters. The summed E-state index contributed by atoms with van der Waals surface area (Å²) < 4.78 is 8.12. The highest BCUT2D eigenvalue weighted by Crippen LogP contribution is 2.25. The Bertz CT molecular complexity index is 893. The molecule has 0 spiro atoms. The number of aryl methyl sites for hydroxylation is 1. The van der Waals surface area contributed by atoms with Gasteiger partial charge in [-0.1, -0.05) is 15.9 Å². The zero-order valence-electron chi connectivity index (χ0n) is 15.6. The Morgan fingerprint density at radius 2 is 1.92 bits per heavy atom. The monoisotopic (exact) mass is 421 g/mol. The second-order valence-electron chi connectivity index (χ2n) is 7.69. The van der Waals surface area contributed by atoms with Crippen molar-refractivity contribution in [2.45, 2.75) is 52.2 Å². The summed E-state index contributed by atoms with van der Waals surface area (Å²) in [5.41, 5.74) is 0.179. The van der Waals surface area contributed by atoms with E-state index in [4.69, 9.17) is 4.74 Å². The fraction of sp³-hybridized carbons (Fsp3) is 0.526. The van der Waals surface area contributed by atoms with Crippen molar-refractivity contribution in [3.05, 3.63) is 38.9 Å². The first-order valence-electron chi connectivity index (χ1n) is 8.82. The first-order valence-corrected chi connectivity index (χ1v) is 9.61. The highest BCUT2D eigenvalue weighted by atomic mass is 79.9. The van der Waals surface area contributed by atoms with Crippen LogP contribution in [0.4, 0.5) is 4.79 Å². The van der Waals surface area contributed by atoms with Crippen molar-refractivity contribution in [2.24, 2.45) is 0 Å². The Labute approximate surface area is 161 Å². The molecule has 1 aliphatic heterocycles. The fourth-order valence-electron chi connectivity index (χ4n) is 3.35. The van der Waals surface area contributed by atoms with Crippen LogP contribution in [0.15, 0.2) is 27.5 Å². The molecular weight excluding hydrogens is 398 g/mol. The molecule has 2 heterocycles. The molecular formula is C19H24BrN3O3. The summed E-state index contributed by atoms with van der Waals surface area (Å²) in [7, 11) is 0. The summed E-state index contributed by atoms with van der Waals surface area (Å²) in [6.07, 6.45) is 1.13. The van der Waals surface area contributed by atoms with Gasteiger partial charge in [-0.2, -0.15) is 0 Å². The van der Waals surface area contributed by atoms with Crippen molar-refractivity contribution in [3.63, 3.8) is 0 Å². The van der Waals surface area contributed by atoms with Gasteiger partial charge in [0.15, 0.2) is 0 Å². The highest BCUT2D eigenvalue weighted by molar-refractivity contribution is 9.10. The van der Waals surface area contributed by atoms with Gasteiger partial charge in [0, 0.05) is 23.6 Å². The maximum absolute atomic E-state index is 13.0. The molecule has 6 nitrogen and oxygen atoms in total. The summed E-state index contributed by atoms with van der Waals surface area (Å²) in [5.74, 6) is 0.705. The number of benzene rings is 1. The van der Waals surface area contributed by atoms with Gasteiger partial charge in [0.25, 0.3) is 5.56 Å². The lowest BCUT2D eigenvalue weighted by Gasteiger charge is -2.34. The van der Waals surface area contributed by atoms with Crippen LogP contribution in [-0.4, -0.2) is 39.2 Å². The molecule has 7 heteroatoms. The molecule has 0 saturated carbocycles. The van der Waals surface area contributed by atoms with Crippen LogP contribution in [-0.2, 0) is 4.74 Å². The van der Waals surface area contributed by atoms with Crippen LogP contribution in [0.2, 0.25) is 0 Å². The average Bonchev–Trinajstić information content (AvgIpc) is 2.53. The predicted octanol–water partition coefficient (Wildman–Crippen LogP) is 4.04. The van der Waals surface area contributed by atoms with Crippen molar-refractivity contribution >= 4 is 32.9 Å². The molecule has 0 bridgehead atoms. The molecule has 0 radical (unpaired) electrons. The number of likely N-dealkylation sites (tertiary alicyclic amines) is 1. The number of nitrogens with zero attached hydrogens (tertiary/aromatic N) is 3. The Hall–Kier alpha value is -1.89. The summed E-state index contributed by atoms with van der Waals surface area (Å²) in [6.45, 7) is 8.59. The van der Waals surface area contributed by atoms with Gasteiger partial charge in [-0.15, -0.1) is 0 Å². The number of carbonyl (C=O) groups excluding carboxylic acids is 1. The molecule has 1 aromatic heterocycles.